The van der Waals surface area contributed by atoms with Crippen LogP contribution in [-0.4, -0.2) is 41.0 Å². The maximum Gasteiger partial charge on any atom is 0.287 e. The molecule has 0 spiro atoms. The Morgan fingerprint density at radius 3 is 2.89 bits per heavy atom. The lowest BCUT2D eigenvalue weighted by Crippen LogP contribution is -2.28. The van der Waals surface area contributed by atoms with Gasteiger partial charge in [0.05, 0.1) is 23.1 Å². The summed E-state index contributed by atoms with van der Waals surface area (Å²) in [7, 11) is 3.13. The summed E-state index contributed by atoms with van der Waals surface area (Å²) in [6.07, 6.45) is 1.86. The van der Waals surface area contributed by atoms with Crippen molar-refractivity contribution < 1.29 is 14.5 Å². The predicted molar refractivity (Wildman–Crippen MR) is 70.5 cm³/mol. The first-order valence-corrected chi connectivity index (χ1v) is 6.11. The summed E-state index contributed by atoms with van der Waals surface area (Å²) >= 11 is 5.92. The molecule has 0 aliphatic heterocycles. The highest BCUT2D eigenvalue weighted by Crippen LogP contribution is 2.15. The third kappa shape index (κ3) is 4.53. The lowest BCUT2D eigenvalue weighted by molar-refractivity contribution is -0.384. The second-order valence-corrected chi connectivity index (χ2v) is 4.67. The maximum absolute atomic E-state index is 11.8. The van der Waals surface area contributed by atoms with Crippen LogP contribution in [0.1, 0.15) is 16.9 Å². The summed E-state index contributed by atoms with van der Waals surface area (Å²) in [4.78, 5) is 21.9. The first kappa shape index (κ1) is 15.5. The molecule has 0 aromatic carbocycles. The summed E-state index contributed by atoms with van der Waals surface area (Å²) in [5, 5.41) is 13.1. The average Bonchev–Trinajstić information content (AvgIpc) is 2.72. The van der Waals surface area contributed by atoms with E-state index in [2.05, 4.69) is 5.32 Å². The third-order valence-electron chi connectivity index (χ3n) is 2.52. The molecule has 1 rings (SSSR count). The number of amides is 1. The average molecular weight is 290 g/mol. The highest BCUT2D eigenvalue weighted by Gasteiger charge is 2.17. The van der Waals surface area contributed by atoms with E-state index in [9.17, 15) is 14.9 Å². The van der Waals surface area contributed by atoms with E-state index < -0.39 is 4.92 Å². The van der Waals surface area contributed by atoms with Gasteiger partial charge in [0, 0.05) is 26.8 Å². The summed E-state index contributed by atoms with van der Waals surface area (Å²) in [5.74, 6) is -0.364. The fraction of sp³-hybridized carbons (Fsp3) is 0.545. The Hall–Kier alpha value is -1.60. The van der Waals surface area contributed by atoms with Crippen LogP contribution in [0.25, 0.3) is 0 Å². The number of halogens is 1. The second-order valence-electron chi connectivity index (χ2n) is 4.05. The van der Waals surface area contributed by atoms with Crippen LogP contribution in [0.3, 0.4) is 0 Å². The Balaban J connectivity index is 2.52. The minimum Gasteiger partial charge on any atom is -0.383 e. The molecule has 0 aliphatic rings. The van der Waals surface area contributed by atoms with Crippen LogP contribution in [0, 0.1) is 10.1 Å². The van der Waals surface area contributed by atoms with Gasteiger partial charge in [0.25, 0.3) is 11.6 Å². The maximum atomic E-state index is 11.8. The molecule has 1 atom stereocenters. The van der Waals surface area contributed by atoms with E-state index in [4.69, 9.17) is 16.3 Å². The van der Waals surface area contributed by atoms with E-state index in [-0.39, 0.29) is 22.7 Å². The van der Waals surface area contributed by atoms with Crippen LogP contribution in [0.15, 0.2) is 12.3 Å². The van der Waals surface area contributed by atoms with Gasteiger partial charge in [-0.2, -0.15) is 0 Å². The number of methoxy groups -OCH3 is 1. The summed E-state index contributed by atoms with van der Waals surface area (Å²) < 4.78 is 6.29. The summed E-state index contributed by atoms with van der Waals surface area (Å²) in [5.41, 5.74) is 0.131. The van der Waals surface area contributed by atoms with Gasteiger partial charge in [0.2, 0.25) is 0 Å². The molecule has 0 fully saturated rings. The number of alkyl halides is 1. The third-order valence-corrected chi connectivity index (χ3v) is 2.87. The van der Waals surface area contributed by atoms with Gasteiger partial charge in [0.15, 0.2) is 0 Å². The van der Waals surface area contributed by atoms with Crippen LogP contribution in [0.4, 0.5) is 5.69 Å². The molecule has 1 unspecified atom stereocenters. The number of hydrogen-bond acceptors (Lipinski definition) is 4. The van der Waals surface area contributed by atoms with Crippen LogP contribution < -0.4 is 5.32 Å². The van der Waals surface area contributed by atoms with Crippen molar-refractivity contribution in [2.75, 3.05) is 20.3 Å². The molecule has 0 radical (unpaired) electrons. The van der Waals surface area contributed by atoms with Crippen molar-refractivity contribution in [1.29, 1.82) is 0 Å². The lowest BCUT2D eigenvalue weighted by atomic mass is 10.3. The fourth-order valence-corrected chi connectivity index (χ4v) is 1.80. The van der Waals surface area contributed by atoms with Crippen LogP contribution >= 0.6 is 11.6 Å². The molecule has 8 heteroatoms. The smallest absolute Gasteiger partial charge is 0.287 e. The second kappa shape index (κ2) is 7.10. The number of aromatic nitrogens is 1. The van der Waals surface area contributed by atoms with Gasteiger partial charge in [-0.25, -0.2) is 0 Å². The fourth-order valence-electron chi connectivity index (χ4n) is 1.57. The summed E-state index contributed by atoms with van der Waals surface area (Å²) in [6.45, 7) is 0.794. The van der Waals surface area contributed by atoms with Crippen molar-refractivity contribution >= 4 is 23.2 Å². The van der Waals surface area contributed by atoms with Crippen molar-refractivity contribution in [3.05, 3.63) is 28.1 Å². The first-order chi connectivity index (χ1) is 8.95. The van der Waals surface area contributed by atoms with Gasteiger partial charge in [-0.15, -0.1) is 11.6 Å². The van der Waals surface area contributed by atoms with Crippen molar-refractivity contribution in [1.82, 2.24) is 9.88 Å². The van der Waals surface area contributed by atoms with Crippen molar-refractivity contribution in [3.8, 4) is 0 Å². The highest BCUT2D eigenvalue weighted by atomic mass is 35.5. The minimum atomic E-state index is -0.538. The molecule has 1 aromatic heterocycles. The zero-order chi connectivity index (χ0) is 14.4. The SMILES string of the molecule is COCC(Cl)CCNC(=O)c1cc([N+](=O)[O-])cn1C. The molecule has 1 amide bonds. The van der Waals surface area contributed by atoms with E-state index >= 15 is 0 Å². The Morgan fingerprint density at radius 2 is 2.37 bits per heavy atom. The zero-order valence-electron chi connectivity index (χ0n) is 10.8. The molecule has 7 nitrogen and oxygen atoms in total. The monoisotopic (exact) mass is 289 g/mol. The number of nitro groups is 1. The topological polar surface area (TPSA) is 86.4 Å². The molecule has 106 valence electrons. The molecule has 0 saturated heterocycles. The molecule has 0 bridgehead atoms. The molecular formula is C11H16ClN3O4. The number of ether oxygens (including phenoxy) is 1. The highest BCUT2D eigenvalue weighted by molar-refractivity contribution is 6.20. The van der Waals surface area contributed by atoms with E-state index in [1.165, 1.54) is 16.8 Å². The quantitative estimate of drug-likeness (QED) is 0.466. The Morgan fingerprint density at radius 1 is 1.68 bits per heavy atom. The molecule has 1 aromatic rings. The number of carbonyl (C=O) groups is 1. The normalized spacial score (nSPS) is 12.2. The van der Waals surface area contributed by atoms with Gasteiger partial charge >= 0.3 is 0 Å². The van der Waals surface area contributed by atoms with Crippen LogP contribution in [-0.2, 0) is 11.8 Å². The van der Waals surface area contributed by atoms with E-state index in [1.807, 2.05) is 0 Å². The van der Waals surface area contributed by atoms with Gasteiger partial charge in [-0.1, -0.05) is 0 Å². The number of nitrogens with zero attached hydrogens (tertiary/aromatic N) is 2. The Kier molecular flexibility index (Phi) is 5.78. The predicted octanol–water partition coefficient (Wildman–Crippen LogP) is 1.31. The minimum absolute atomic E-state index is 0.109. The van der Waals surface area contributed by atoms with Crippen molar-refractivity contribution in [2.24, 2.45) is 7.05 Å². The summed E-state index contributed by atoms with van der Waals surface area (Å²) in [6, 6.07) is 1.24. The zero-order valence-corrected chi connectivity index (χ0v) is 11.5. The largest absolute Gasteiger partial charge is 0.383 e. The molecule has 1 N–H and O–H groups in total. The molecular weight excluding hydrogens is 274 g/mol. The van der Waals surface area contributed by atoms with E-state index in [0.717, 1.165) is 0 Å². The van der Waals surface area contributed by atoms with Gasteiger partial charge in [-0.05, 0) is 6.42 Å². The first-order valence-electron chi connectivity index (χ1n) is 5.67. The number of rotatable bonds is 7. The number of carbonyl (C=O) groups excluding carboxylic acids is 1. The van der Waals surface area contributed by atoms with Crippen molar-refractivity contribution in [2.45, 2.75) is 11.8 Å². The number of hydrogen-bond donors (Lipinski definition) is 1. The Bertz CT molecular complexity index is 461. The lowest BCUT2D eigenvalue weighted by Gasteiger charge is -2.09. The van der Waals surface area contributed by atoms with Gasteiger partial charge in [0.1, 0.15) is 5.69 Å². The van der Waals surface area contributed by atoms with Gasteiger partial charge in [-0.3, -0.25) is 14.9 Å². The van der Waals surface area contributed by atoms with Crippen molar-refractivity contribution in [3.63, 3.8) is 0 Å². The number of aryl methyl sites for hydroxylation is 1. The van der Waals surface area contributed by atoms with Crippen LogP contribution in [0.2, 0.25) is 0 Å². The van der Waals surface area contributed by atoms with E-state index in [0.29, 0.717) is 19.6 Å². The van der Waals surface area contributed by atoms with Crippen LogP contribution in [0.5, 0.6) is 0 Å². The molecule has 1 heterocycles. The van der Waals surface area contributed by atoms with E-state index in [1.54, 1.807) is 14.2 Å². The molecule has 0 aliphatic carbocycles. The molecule has 19 heavy (non-hydrogen) atoms. The Labute approximate surface area is 115 Å². The standard InChI is InChI=1S/C11H16ClN3O4/c1-14-6-9(15(17)18)5-10(14)11(16)13-4-3-8(12)7-19-2/h5-6,8H,3-4,7H2,1-2H3,(H,13,16). The molecule has 0 saturated carbocycles. The van der Waals surface area contributed by atoms with Gasteiger partial charge < -0.3 is 14.6 Å². The number of nitrogens with one attached hydrogen (secondary N) is 1.